The number of hydrogen-bond donors (Lipinski definition) is 1. The smallest absolute Gasteiger partial charge is 0.241 e. The molecule has 1 fully saturated rings. The molecule has 2 atom stereocenters. The minimum Gasteiger partial charge on any atom is -0.494 e. The Morgan fingerprint density at radius 2 is 2.25 bits per heavy atom. The molecular formula is C13H18FNO4S. The largest absolute Gasteiger partial charge is 0.494 e. The van der Waals surface area contributed by atoms with Gasteiger partial charge in [-0.3, -0.25) is 0 Å². The third-order valence-electron chi connectivity index (χ3n) is 3.30. The summed E-state index contributed by atoms with van der Waals surface area (Å²) in [6.45, 7) is 2.39. The van der Waals surface area contributed by atoms with E-state index in [4.69, 9.17) is 9.47 Å². The molecule has 5 nitrogen and oxygen atoms in total. The van der Waals surface area contributed by atoms with E-state index in [2.05, 4.69) is 4.72 Å². The second-order valence-corrected chi connectivity index (χ2v) is 6.47. The van der Waals surface area contributed by atoms with E-state index in [1.165, 1.54) is 19.2 Å². The topological polar surface area (TPSA) is 64.6 Å². The standard InChI is InChI=1S/C13H18FNO4S/c1-9(12-4-3-7-19-12)15-20(16,17)10-5-6-13(18-2)11(14)8-10/h5-6,8-9,12,15H,3-4,7H2,1-2H3/t9-,12-/m1/s1. The van der Waals surface area contributed by atoms with Crippen LogP contribution in [0.25, 0.3) is 0 Å². The fraction of sp³-hybridized carbons (Fsp3) is 0.538. The van der Waals surface area contributed by atoms with Crippen LogP contribution in [0.1, 0.15) is 19.8 Å². The number of sulfonamides is 1. The first-order chi connectivity index (χ1) is 9.44. The van der Waals surface area contributed by atoms with Crippen molar-refractivity contribution in [3.8, 4) is 5.75 Å². The van der Waals surface area contributed by atoms with E-state index in [0.29, 0.717) is 6.61 Å². The quantitative estimate of drug-likeness (QED) is 0.899. The second-order valence-electron chi connectivity index (χ2n) is 4.76. The zero-order valence-corrected chi connectivity index (χ0v) is 12.2. The predicted molar refractivity (Wildman–Crippen MR) is 71.7 cm³/mol. The lowest BCUT2D eigenvalue weighted by Gasteiger charge is -2.20. The van der Waals surface area contributed by atoms with Crippen LogP contribution in [0.5, 0.6) is 5.75 Å². The first-order valence-corrected chi connectivity index (χ1v) is 7.90. The average molecular weight is 303 g/mol. The fourth-order valence-electron chi connectivity index (χ4n) is 2.20. The molecule has 0 aliphatic carbocycles. The minimum absolute atomic E-state index is 0.0103. The molecule has 0 saturated carbocycles. The number of hydrogen-bond acceptors (Lipinski definition) is 4. The van der Waals surface area contributed by atoms with Crippen molar-refractivity contribution < 1.29 is 22.3 Å². The average Bonchev–Trinajstić information content (AvgIpc) is 2.92. The molecule has 0 bridgehead atoms. The lowest BCUT2D eigenvalue weighted by molar-refractivity contribution is 0.0902. The highest BCUT2D eigenvalue weighted by atomic mass is 32.2. The van der Waals surface area contributed by atoms with Crippen LogP contribution in [0.3, 0.4) is 0 Å². The zero-order chi connectivity index (χ0) is 14.8. The Morgan fingerprint density at radius 3 is 2.80 bits per heavy atom. The van der Waals surface area contributed by atoms with Gasteiger partial charge in [0.15, 0.2) is 11.6 Å². The Morgan fingerprint density at radius 1 is 1.50 bits per heavy atom. The number of benzene rings is 1. The van der Waals surface area contributed by atoms with Gasteiger partial charge in [-0.05, 0) is 38.0 Å². The Kier molecular flexibility index (Phi) is 4.62. The molecule has 1 aliphatic heterocycles. The highest BCUT2D eigenvalue weighted by Gasteiger charge is 2.27. The Hall–Kier alpha value is -1.18. The van der Waals surface area contributed by atoms with Gasteiger partial charge >= 0.3 is 0 Å². The SMILES string of the molecule is COc1ccc(S(=O)(=O)N[C@H](C)[C@H]2CCCO2)cc1F. The minimum atomic E-state index is -3.77. The lowest BCUT2D eigenvalue weighted by Crippen LogP contribution is -2.40. The van der Waals surface area contributed by atoms with Gasteiger partial charge in [0.05, 0.1) is 18.1 Å². The van der Waals surface area contributed by atoms with Gasteiger partial charge in [-0.15, -0.1) is 0 Å². The van der Waals surface area contributed by atoms with Gasteiger partial charge in [0, 0.05) is 12.6 Å². The van der Waals surface area contributed by atoms with Crippen molar-refractivity contribution in [1.82, 2.24) is 4.72 Å². The summed E-state index contributed by atoms with van der Waals surface area (Å²) in [5.41, 5.74) is 0. The van der Waals surface area contributed by atoms with Gasteiger partial charge in [-0.1, -0.05) is 0 Å². The summed E-state index contributed by atoms with van der Waals surface area (Å²) in [5, 5.41) is 0. The predicted octanol–water partition coefficient (Wildman–Crippen LogP) is 1.68. The molecule has 0 spiro atoms. The van der Waals surface area contributed by atoms with Crippen molar-refractivity contribution in [2.24, 2.45) is 0 Å². The molecule has 0 unspecified atom stereocenters. The van der Waals surface area contributed by atoms with Crippen LogP contribution in [0.2, 0.25) is 0 Å². The van der Waals surface area contributed by atoms with E-state index in [1.807, 2.05) is 0 Å². The second kappa shape index (κ2) is 6.07. The van der Waals surface area contributed by atoms with E-state index >= 15 is 0 Å². The number of ether oxygens (including phenoxy) is 2. The van der Waals surface area contributed by atoms with E-state index in [-0.39, 0.29) is 22.8 Å². The van der Waals surface area contributed by atoms with Crippen LogP contribution < -0.4 is 9.46 Å². The normalized spacial score (nSPS) is 20.9. The number of rotatable bonds is 5. The highest BCUT2D eigenvalue weighted by molar-refractivity contribution is 7.89. The fourth-order valence-corrected chi connectivity index (χ4v) is 3.48. The Balaban J connectivity index is 2.15. The highest BCUT2D eigenvalue weighted by Crippen LogP contribution is 2.22. The first-order valence-electron chi connectivity index (χ1n) is 6.41. The summed E-state index contributed by atoms with van der Waals surface area (Å²) in [7, 11) is -2.45. The van der Waals surface area contributed by atoms with Crippen molar-refractivity contribution in [3.05, 3.63) is 24.0 Å². The van der Waals surface area contributed by atoms with Crippen LogP contribution in [0.15, 0.2) is 23.1 Å². The van der Waals surface area contributed by atoms with E-state index in [1.54, 1.807) is 6.92 Å². The van der Waals surface area contributed by atoms with Gasteiger partial charge in [-0.25, -0.2) is 17.5 Å². The van der Waals surface area contributed by atoms with E-state index in [0.717, 1.165) is 18.9 Å². The monoisotopic (exact) mass is 303 g/mol. The molecule has 1 N–H and O–H groups in total. The van der Waals surface area contributed by atoms with Crippen molar-refractivity contribution >= 4 is 10.0 Å². The summed E-state index contributed by atoms with van der Waals surface area (Å²) in [6.07, 6.45) is 1.61. The molecule has 112 valence electrons. The van der Waals surface area contributed by atoms with Gasteiger partial charge in [0.1, 0.15) is 0 Å². The van der Waals surface area contributed by atoms with E-state index < -0.39 is 15.8 Å². The molecule has 1 heterocycles. The van der Waals surface area contributed by atoms with Gasteiger partial charge < -0.3 is 9.47 Å². The third-order valence-corrected chi connectivity index (χ3v) is 4.85. The molecule has 1 aromatic rings. The van der Waals surface area contributed by atoms with Crippen LogP contribution in [0.4, 0.5) is 4.39 Å². The first kappa shape index (κ1) is 15.2. The van der Waals surface area contributed by atoms with Crippen molar-refractivity contribution in [1.29, 1.82) is 0 Å². The molecule has 1 aromatic carbocycles. The maximum absolute atomic E-state index is 13.6. The number of halogens is 1. The lowest BCUT2D eigenvalue weighted by atomic mass is 10.1. The summed E-state index contributed by atoms with van der Waals surface area (Å²) in [6, 6.07) is 3.20. The van der Waals surface area contributed by atoms with Crippen LogP contribution >= 0.6 is 0 Å². The van der Waals surface area contributed by atoms with Crippen molar-refractivity contribution in [2.75, 3.05) is 13.7 Å². The van der Waals surface area contributed by atoms with Crippen LogP contribution in [-0.2, 0) is 14.8 Å². The summed E-state index contributed by atoms with van der Waals surface area (Å²) in [4.78, 5) is -0.124. The van der Waals surface area contributed by atoms with E-state index in [9.17, 15) is 12.8 Å². The molecule has 20 heavy (non-hydrogen) atoms. The maximum Gasteiger partial charge on any atom is 0.241 e. The maximum atomic E-state index is 13.6. The summed E-state index contributed by atoms with van der Waals surface area (Å²) < 4.78 is 50.7. The Labute approximate surface area is 118 Å². The third kappa shape index (κ3) is 3.28. The van der Waals surface area contributed by atoms with Crippen LogP contribution in [0, 0.1) is 5.82 Å². The zero-order valence-electron chi connectivity index (χ0n) is 11.4. The number of methoxy groups -OCH3 is 1. The summed E-state index contributed by atoms with van der Waals surface area (Å²) in [5.74, 6) is -0.698. The summed E-state index contributed by atoms with van der Waals surface area (Å²) >= 11 is 0. The van der Waals surface area contributed by atoms with Crippen molar-refractivity contribution in [2.45, 2.75) is 36.8 Å². The molecule has 0 amide bonds. The molecule has 0 aromatic heterocycles. The molecular weight excluding hydrogens is 285 g/mol. The molecule has 1 aliphatic rings. The molecule has 7 heteroatoms. The number of nitrogens with one attached hydrogen (secondary N) is 1. The molecule has 0 radical (unpaired) electrons. The van der Waals surface area contributed by atoms with Crippen LogP contribution in [-0.4, -0.2) is 34.3 Å². The molecule has 2 rings (SSSR count). The van der Waals surface area contributed by atoms with Gasteiger partial charge in [-0.2, -0.15) is 0 Å². The van der Waals surface area contributed by atoms with Gasteiger partial charge in [0.25, 0.3) is 0 Å². The van der Waals surface area contributed by atoms with Crippen molar-refractivity contribution in [3.63, 3.8) is 0 Å². The molecule has 1 saturated heterocycles. The Bertz CT molecular complexity index is 570. The van der Waals surface area contributed by atoms with Gasteiger partial charge in [0.2, 0.25) is 10.0 Å².